The van der Waals surface area contributed by atoms with Crippen LogP contribution in [0.25, 0.3) is 0 Å². The Morgan fingerprint density at radius 3 is 2.70 bits per heavy atom. The largest absolute Gasteiger partial charge is 0.388 e. The Morgan fingerprint density at radius 2 is 2.00 bits per heavy atom. The Morgan fingerprint density at radius 1 is 1.25 bits per heavy atom. The fraction of sp³-hybridized carbons (Fsp3) is 0.571. The summed E-state index contributed by atoms with van der Waals surface area (Å²) in [4.78, 5) is 0. The van der Waals surface area contributed by atoms with Crippen LogP contribution in [0.1, 0.15) is 11.9 Å². The van der Waals surface area contributed by atoms with Crippen LogP contribution in [0.3, 0.4) is 0 Å². The molecular weight excluding hydrogens is 262 g/mol. The summed E-state index contributed by atoms with van der Waals surface area (Å²) < 4.78 is 22.2. The zero-order valence-corrected chi connectivity index (χ0v) is 11.2. The van der Waals surface area contributed by atoms with Gasteiger partial charge in [-0.25, -0.2) is 0 Å². The van der Waals surface area contributed by atoms with Crippen molar-refractivity contribution in [3.63, 3.8) is 0 Å². The zero-order chi connectivity index (χ0) is 14.1. The fourth-order valence-corrected chi connectivity index (χ4v) is 2.60. The predicted octanol–water partition coefficient (Wildman–Crippen LogP) is 0.160. The van der Waals surface area contributed by atoms with Crippen LogP contribution < -0.4 is 5.73 Å². The van der Waals surface area contributed by atoms with E-state index in [-0.39, 0.29) is 6.10 Å². The number of aliphatic hydroxyl groups excluding tert-OH is 1. The molecular formula is C14H19NO5. The molecule has 6 nitrogen and oxygen atoms in total. The van der Waals surface area contributed by atoms with Crippen LogP contribution in [0.2, 0.25) is 0 Å². The molecule has 0 aliphatic carbocycles. The average molecular weight is 281 g/mol. The van der Waals surface area contributed by atoms with Gasteiger partial charge in [0.05, 0.1) is 12.6 Å². The molecule has 1 aromatic carbocycles. The van der Waals surface area contributed by atoms with Gasteiger partial charge in [-0.05, 0) is 0 Å². The maximum absolute atomic E-state index is 10.3. The van der Waals surface area contributed by atoms with Crippen LogP contribution in [0.5, 0.6) is 0 Å². The molecule has 20 heavy (non-hydrogen) atoms. The smallest absolute Gasteiger partial charge is 0.184 e. The van der Waals surface area contributed by atoms with Crippen LogP contribution >= 0.6 is 0 Å². The van der Waals surface area contributed by atoms with Crippen molar-refractivity contribution in [1.29, 1.82) is 0 Å². The minimum absolute atomic E-state index is 0.327. The van der Waals surface area contributed by atoms with Gasteiger partial charge in [0, 0.05) is 12.7 Å². The second kappa shape index (κ2) is 5.77. The third-order valence-corrected chi connectivity index (χ3v) is 3.72. The monoisotopic (exact) mass is 281 g/mol. The SMILES string of the molecule is CO[C@@H]1O[C@@H]2CO[C@@H](c3ccccc3)O[C@H]2[C@H](O)[C@H]1N. The van der Waals surface area contributed by atoms with E-state index < -0.39 is 30.8 Å². The first-order chi connectivity index (χ1) is 9.70. The zero-order valence-electron chi connectivity index (χ0n) is 11.2. The lowest BCUT2D eigenvalue weighted by molar-refractivity contribution is -0.339. The Kier molecular flexibility index (Phi) is 4.02. The summed E-state index contributed by atoms with van der Waals surface area (Å²) in [5, 5.41) is 10.3. The van der Waals surface area contributed by atoms with Crippen molar-refractivity contribution in [2.75, 3.05) is 13.7 Å². The number of hydrogen-bond acceptors (Lipinski definition) is 6. The number of ether oxygens (including phenoxy) is 4. The number of hydrogen-bond donors (Lipinski definition) is 2. The van der Waals surface area contributed by atoms with E-state index in [4.69, 9.17) is 24.7 Å². The van der Waals surface area contributed by atoms with Gasteiger partial charge >= 0.3 is 0 Å². The molecule has 110 valence electrons. The molecule has 6 atom stereocenters. The van der Waals surface area contributed by atoms with Crippen molar-refractivity contribution in [1.82, 2.24) is 0 Å². The summed E-state index contributed by atoms with van der Waals surface area (Å²) in [6.07, 6.45) is -2.91. The number of aliphatic hydroxyl groups is 1. The molecule has 6 heteroatoms. The highest BCUT2D eigenvalue weighted by molar-refractivity contribution is 5.16. The van der Waals surface area contributed by atoms with Crippen molar-refractivity contribution >= 4 is 0 Å². The van der Waals surface area contributed by atoms with E-state index in [2.05, 4.69) is 0 Å². The molecule has 0 unspecified atom stereocenters. The summed E-state index contributed by atoms with van der Waals surface area (Å²) in [5.74, 6) is 0. The highest BCUT2D eigenvalue weighted by Crippen LogP contribution is 2.33. The minimum atomic E-state index is -0.853. The van der Waals surface area contributed by atoms with Crippen molar-refractivity contribution in [2.45, 2.75) is 36.9 Å². The molecule has 1 aromatic rings. The summed E-state index contributed by atoms with van der Waals surface area (Å²) in [6, 6.07) is 8.93. The van der Waals surface area contributed by atoms with Crippen molar-refractivity contribution in [3.8, 4) is 0 Å². The lowest BCUT2D eigenvalue weighted by Crippen LogP contribution is -2.64. The van der Waals surface area contributed by atoms with E-state index >= 15 is 0 Å². The number of methoxy groups -OCH3 is 1. The van der Waals surface area contributed by atoms with Crippen LogP contribution in [0.4, 0.5) is 0 Å². The lowest BCUT2D eigenvalue weighted by Gasteiger charge is -2.46. The van der Waals surface area contributed by atoms with Crippen molar-refractivity contribution < 1.29 is 24.1 Å². The maximum Gasteiger partial charge on any atom is 0.184 e. The average Bonchev–Trinajstić information content (AvgIpc) is 2.51. The molecule has 2 fully saturated rings. The third kappa shape index (κ3) is 2.46. The molecule has 2 saturated heterocycles. The second-order valence-corrected chi connectivity index (χ2v) is 5.02. The van der Waals surface area contributed by atoms with E-state index in [1.165, 1.54) is 7.11 Å². The first-order valence-electron chi connectivity index (χ1n) is 6.64. The van der Waals surface area contributed by atoms with Gasteiger partial charge in [-0.15, -0.1) is 0 Å². The second-order valence-electron chi connectivity index (χ2n) is 5.02. The highest BCUT2D eigenvalue weighted by atomic mass is 16.7. The van der Waals surface area contributed by atoms with Crippen LogP contribution in [0, 0.1) is 0 Å². The van der Waals surface area contributed by atoms with Gasteiger partial charge in [0.1, 0.15) is 18.3 Å². The van der Waals surface area contributed by atoms with Gasteiger partial charge in [0.2, 0.25) is 0 Å². The molecule has 2 heterocycles. The summed E-state index contributed by atoms with van der Waals surface area (Å²) in [7, 11) is 1.49. The van der Waals surface area contributed by atoms with E-state index in [0.29, 0.717) is 6.61 Å². The topological polar surface area (TPSA) is 83.2 Å². The Hall–Kier alpha value is -1.02. The van der Waals surface area contributed by atoms with Gasteiger partial charge in [0.25, 0.3) is 0 Å². The number of fused-ring (bicyclic) bond motifs is 1. The number of nitrogens with two attached hydrogens (primary N) is 1. The van der Waals surface area contributed by atoms with E-state index in [1.54, 1.807) is 0 Å². The normalized spacial score (nSPS) is 41.1. The molecule has 0 aromatic heterocycles. The Labute approximate surface area is 117 Å². The molecule has 0 spiro atoms. The van der Waals surface area contributed by atoms with Gasteiger partial charge in [-0.2, -0.15) is 0 Å². The third-order valence-electron chi connectivity index (χ3n) is 3.72. The Bertz CT molecular complexity index is 440. The van der Waals surface area contributed by atoms with E-state index in [0.717, 1.165) is 5.56 Å². The van der Waals surface area contributed by atoms with Gasteiger partial charge in [-0.3, -0.25) is 0 Å². The molecule has 0 amide bonds. The summed E-state index contributed by atoms with van der Waals surface area (Å²) in [5.41, 5.74) is 6.81. The predicted molar refractivity (Wildman–Crippen MR) is 69.7 cm³/mol. The Balaban J connectivity index is 1.74. The van der Waals surface area contributed by atoms with E-state index in [1.807, 2.05) is 30.3 Å². The molecule has 3 N–H and O–H groups in total. The summed E-state index contributed by atoms with van der Waals surface area (Å²) >= 11 is 0. The standard InChI is InChI=1S/C14H19NO5/c1-17-14-10(15)11(16)12-9(19-14)7-18-13(20-12)8-5-3-2-4-6-8/h2-6,9-14,16H,7,15H2,1H3/t9-,10-,11-,12-,13-,14-/m1/s1. The molecule has 0 bridgehead atoms. The van der Waals surface area contributed by atoms with Gasteiger partial charge in [-0.1, -0.05) is 30.3 Å². The van der Waals surface area contributed by atoms with Crippen LogP contribution in [-0.2, 0) is 18.9 Å². The quantitative estimate of drug-likeness (QED) is 0.803. The lowest BCUT2D eigenvalue weighted by atomic mass is 9.96. The van der Waals surface area contributed by atoms with Crippen molar-refractivity contribution in [3.05, 3.63) is 35.9 Å². The molecule has 2 aliphatic heterocycles. The van der Waals surface area contributed by atoms with Crippen molar-refractivity contribution in [2.24, 2.45) is 5.73 Å². The molecule has 3 rings (SSSR count). The maximum atomic E-state index is 10.3. The summed E-state index contributed by atoms with van der Waals surface area (Å²) in [6.45, 7) is 0.327. The van der Waals surface area contributed by atoms with Crippen LogP contribution in [0.15, 0.2) is 30.3 Å². The number of benzene rings is 1. The van der Waals surface area contributed by atoms with Gasteiger partial charge in [0.15, 0.2) is 12.6 Å². The molecule has 0 radical (unpaired) electrons. The first kappa shape index (κ1) is 13.9. The number of rotatable bonds is 2. The van der Waals surface area contributed by atoms with Gasteiger partial charge < -0.3 is 29.8 Å². The first-order valence-corrected chi connectivity index (χ1v) is 6.64. The van der Waals surface area contributed by atoms with E-state index in [9.17, 15) is 5.11 Å². The minimum Gasteiger partial charge on any atom is -0.388 e. The van der Waals surface area contributed by atoms with Crippen LogP contribution in [-0.4, -0.2) is 49.5 Å². The fourth-order valence-electron chi connectivity index (χ4n) is 2.60. The molecule has 0 saturated carbocycles. The molecule has 2 aliphatic rings. The highest BCUT2D eigenvalue weighted by Gasteiger charge is 2.48.